The summed E-state index contributed by atoms with van der Waals surface area (Å²) in [6, 6.07) is 2.67. The summed E-state index contributed by atoms with van der Waals surface area (Å²) in [5.74, 6) is -0.498. The van der Waals surface area contributed by atoms with E-state index in [-0.39, 0.29) is 18.2 Å². The van der Waals surface area contributed by atoms with Crippen LogP contribution >= 0.6 is 15.9 Å². The van der Waals surface area contributed by atoms with E-state index >= 15 is 0 Å². The number of aliphatic hydroxyl groups is 1. The Morgan fingerprint density at radius 1 is 1.56 bits per heavy atom. The Kier molecular flexibility index (Phi) is 5.55. The van der Waals surface area contributed by atoms with Crippen LogP contribution in [-0.4, -0.2) is 24.3 Å². The van der Waals surface area contributed by atoms with Crippen LogP contribution in [0.5, 0.6) is 0 Å². The average Bonchev–Trinajstić information content (AvgIpc) is 2.36. The summed E-state index contributed by atoms with van der Waals surface area (Å²) in [5.41, 5.74) is 0.571. The summed E-state index contributed by atoms with van der Waals surface area (Å²) in [6.45, 7) is 3.74. The quantitative estimate of drug-likeness (QED) is 0.799. The first-order chi connectivity index (χ1) is 8.45. The van der Waals surface area contributed by atoms with E-state index in [1.807, 2.05) is 0 Å². The zero-order valence-electron chi connectivity index (χ0n) is 10.3. The zero-order valence-corrected chi connectivity index (χ0v) is 11.8. The molecule has 1 unspecified atom stereocenters. The van der Waals surface area contributed by atoms with Crippen molar-refractivity contribution in [3.63, 3.8) is 0 Å². The van der Waals surface area contributed by atoms with Crippen LogP contribution in [-0.2, 0) is 0 Å². The minimum atomic E-state index is -0.490. The Hall–Kier alpha value is -1.14. The summed E-state index contributed by atoms with van der Waals surface area (Å²) >= 11 is 3.21. The number of benzene rings is 1. The van der Waals surface area contributed by atoms with Crippen LogP contribution < -0.4 is 10.6 Å². The minimum absolute atomic E-state index is 0.00790. The Morgan fingerprint density at radius 2 is 2.22 bits per heavy atom. The molecule has 0 heterocycles. The number of rotatable bonds is 4. The average molecular weight is 319 g/mol. The van der Waals surface area contributed by atoms with Gasteiger partial charge in [0.05, 0.1) is 5.69 Å². The van der Waals surface area contributed by atoms with Crippen molar-refractivity contribution in [2.24, 2.45) is 5.92 Å². The first-order valence-electron chi connectivity index (χ1n) is 5.56. The van der Waals surface area contributed by atoms with Crippen molar-refractivity contribution in [3.8, 4) is 0 Å². The van der Waals surface area contributed by atoms with Gasteiger partial charge in [0.2, 0.25) is 0 Å². The highest BCUT2D eigenvalue weighted by molar-refractivity contribution is 9.10. The maximum Gasteiger partial charge on any atom is 0.319 e. The number of hydrogen-bond acceptors (Lipinski definition) is 2. The molecule has 2 amide bonds. The molecule has 0 aromatic heterocycles. The highest BCUT2D eigenvalue weighted by Gasteiger charge is 2.11. The maximum atomic E-state index is 13.8. The molecule has 0 aliphatic heterocycles. The number of urea groups is 1. The largest absolute Gasteiger partial charge is 0.396 e. The second-order valence-corrected chi connectivity index (χ2v) is 5.01. The number of hydrogen-bond donors (Lipinski definition) is 3. The number of nitrogens with one attached hydrogen (secondary N) is 2. The molecule has 0 spiro atoms. The third kappa shape index (κ3) is 3.96. The minimum Gasteiger partial charge on any atom is -0.396 e. The number of halogens is 2. The summed E-state index contributed by atoms with van der Waals surface area (Å²) < 4.78 is 14.4. The third-order valence-corrected chi connectivity index (χ3v) is 3.35. The van der Waals surface area contributed by atoms with Crippen LogP contribution in [0.15, 0.2) is 16.6 Å². The van der Waals surface area contributed by atoms with Crippen LogP contribution in [0, 0.1) is 18.7 Å². The van der Waals surface area contributed by atoms with Gasteiger partial charge in [-0.05, 0) is 25.0 Å². The van der Waals surface area contributed by atoms with Gasteiger partial charge in [-0.2, -0.15) is 0 Å². The molecule has 6 heteroatoms. The predicted octanol–water partition coefficient (Wildman–Crippen LogP) is 2.65. The van der Waals surface area contributed by atoms with E-state index in [1.54, 1.807) is 19.9 Å². The standard InChI is InChI=1S/C12H16BrFN2O2/c1-7(6-17)5-15-12(18)16-10-4-3-9(13)8(2)11(10)14/h3-4,7,17H,5-6H2,1-2H3,(H2,15,16,18). The van der Waals surface area contributed by atoms with Crippen molar-refractivity contribution in [3.05, 3.63) is 28.0 Å². The summed E-state index contributed by atoms with van der Waals surface area (Å²) in [4.78, 5) is 11.5. The summed E-state index contributed by atoms with van der Waals surface area (Å²) in [5, 5.41) is 13.8. The first kappa shape index (κ1) is 14.9. The van der Waals surface area contributed by atoms with Crippen molar-refractivity contribution in [1.82, 2.24) is 5.32 Å². The van der Waals surface area contributed by atoms with E-state index in [1.165, 1.54) is 6.07 Å². The molecule has 1 atom stereocenters. The molecule has 1 aromatic rings. The van der Waals surface area contributed by atoms with Gasteiger partial charge in [-0.1, -0.05) is 22.9 Å². The van der Waals surface area contributed by atoms with Gasteiger partial charge in [-0.3, -0.25) is 0 Å². The fourth-order valence-corrected chi connectivity index (χ4v) is 1.56. The molecule has 0 fully saturated rings. The van der Waals surface area contributed by atoms with E-state index in [4.69, 9.17) is 5.11 Å². The van der Waals surface area contributed by atoms with E-state index in [2.05, 4.69) is 26.6 Å². The second kappa shape index (κ2) is 6.70. The first-order valence-corrected chi connectivity index (χ1v) is 6.35. The Labute approximate surface area is 114 Å². The highest BCUT2D eigenvalue weighted by atomic mass is 79.9. The van der Waals surface area contributed by atoms with Crippen molar-refractivity contribution >= 4 is 27.6 Å². The molecule has 0 radical (unpaired) electrons. The molecule has 18 heavy (non-hydrogen) atoms. The number of anilines is 1. The molecular weight excluding hydrogens is 303 g/mol. The molecule has 0 aliphatic carbocycles. The molecule has 4 nitrogen and oxygen atoms in total. The normalized spacial score (nSPS) is 12.1. The molecule has 0 bridgehead atoms. The van der Waals surface area contributed by atoms with E-state index in [0.29, 0.717) is 16.6 Å². The SMILES string of the molecule is Cc1c(Br)ccc(NC(=O)NCC(C)CO)c1F. The van der Waals surface area contributed by atoms with Gasteiger partial charge < -0.3 is 15.7 Å². The van der Waals surface area contributed by atoms with Gasteiger partial charge in [-0.25, -0.2) is 9.18 Å². The number of aliphatic hydroxyl groups excluding tert-OH is 1. The summed E-state index contributed by atoms with van der Waals surface area (Å²) in [7, 11) is 0. The van der Waals surface area contributed by atoms with Crippen molar-refractivity contribution in [1.29, 1.82) is 0 Å². The van der Waals surface area contributed by atoms with Crippen LogP contribution in [0.25, 0.3) is 0 Å². The van der Waals surface area contributed by atoms with Crippen LogP contribution in [0.2, 0.25) is 0 Å². The Balaban J connectivity index is 2.63. The zero-order chi connectivity index (χ0) is 13.7. The van der Waals surface area contributed by atoms with Crippen LogP contribution in [0.4, 0.5) is 14.9 Å². The summed E-state index contributed by atoms with van der Waals surface area (Å²) in [6.07, 6.45) is 0. The smallest absolute Gasteiger partial charge is 0.319 e. The lowest BCUT2D eigenvalue weighted by atomic mass is 10.2. The molecule has 3 N–H and O–H groups in total. The molecular formula is C12H16BrFN2O2. The molecule has 1 aromatic carbocycles. The lowest BCUT2D eigenvalue weighted by molar-refractivity contribution is 0.227. The molecule has 100 valence electrons. The lowest BCUT2D eigenvalue weighted by Crippen LogP contribution is -2.33. The van der Waals surface area contributed by atoms with Gasteiger partial charge >= 0.3 is 6.03 Å². The van der Waals surface area contributed by atoms with Crippen LogP contribution in [0.1, 0.15) is 12.5 Å². The fourth-order valence-electron chi connectivity index (χ4n) is 1.26. The van der Waals surface area contributed by atoms with Gasteiger partial charge in [0.25, 0.3) is 0 Å². The van der Waals surface area contributed by atoms with Gasteiger partial charge in [0.1, 0.15) is 0 Å². The maximum absolute atomic E-state index is 13.8. The predicted molar refractivity (Wildman–Crippen MR) is 72.1 cm³/mol. The number of carbonyl (C=O) groups excluding carboxylic acids is 1. The molecule has 0 saturated carbocycles. The van der Waals surface area contributed by atoms with Crippen LogP contribution in [0.3, 0.4) is 0 Å². The van der Waals surface area contributed by atoms with E-state index < -0.39 is 11.8 Å². The third-order valence-electron chi connectivity index (χ3n) is 2.49. The monoisotopic (exact) mass is 318 g/mol. The number of carbonyl (C=O) groups is 1. The fraction of sp³-hybridized carbons (Fsp3) is 0.417. The van der Waals surface area contributed by atoms with Gasteiger partial charge in [0, 0.05) is 23.2 Å². The molecule has 0 aliphatic rings. The Bertz CT molecular complexity index is 440. The number of amides is 2. The van der Waals surface area contributed by atoms with Gasteiger partial charge in [0.15, 0.2) is 5.82 Å². The van der Waals surface area contributed by atoms with E-state index in [9.17, 15) is 9.18 Å². The molecule has 0 saturated heterocycles. The molecule has 1 rings (SSSR count). The Morgan fingerprint density at radius 3 is 2.83 bits per heavy atom. The highest BCUT2D eigenvalue weighted by Crippen LogP contribution is 2.24. The topological polar surface area (TPSA) is 61.4 Å². The van der Waals surface area contributed by atoms with Crippen molar-refractivity contribution < 1.29 is 14.3 Å². The second-order valence-electron chi connectivity index (χ2n) is 4.16. The van der Waals surface area contributed by atoms with E-state index in [0.717, 1.165) is 0 Å². The van der Waals surface area contributed by atoms with Crippen molar-refractivity contribution in [2.75, 3.05) is 18.5 Å². The van der Waals surface area contributed by atoms with Crippen molar-refractivity contribution in [2.45, 2.75) is 13.8 Å². The van der Waals surface area contributed by atoms with Gasteiger partial charge in [-0.15, -0.1) is 0 Å². The lowest BCUT2D eigenvalue weighted by Gasteiger charge is -2.12.